The van der Waals surface area contributed by atoms with Gasteiger partial charge in [-0.15, -0.1) is 0 Å². The third-order valence-corrected chi connectivity index (χ3v) is 11.3. The third-order valence-electron chi connectivity index (χ3n) is 11.3. The van der Waals surface area contributed by atoms with Gasteiger partial charge < -0.3 is 20.5 Å². The molecule has 0 spiro atoms. The van der Waals surface area contributed by atoms with Gasteiger partial charge in [0.25, 0.3) is 0 Å². The van der Waals surface area contributed by atoms with Gasteiger partial charge in [-0.3, -0.25) is 0 Å². The van der Waals surface area contributed by atoms with E-state index in [2.05, 4.69) is 181 Å². The highest BCUT2D eigenvalue weighted by atomic mass is 15.1. The summed E-state index contributed by atoms with van der Waals surface area (Å²) in [5.74, 6) is 0. The number of benzene rings is 7. The molecular weight excluding hydrogens is 681 g/mol. The van der Waals surface area contributed by atoms with Crippen molar-refractivity contribution in [2.24, 2.45) is 5.73 Å². The van der Waals surface area contributed by atoms with Gasteiger partial charge in [0, 0.05) is 50.3 Å². The lowest BCUT2D eigenvalue weighted by atomic mass is 9.82. The number of para-hydroxylation sites is 2. The fourth-order valence-electron chi connectivity index (χ4n) is 8.56. The highest BCUT2D eigenvalue weighted by molar-refractivity contribution is 6.12. The zero-order valence-electron chi connectivity index (χ0n) is 32.0. The standard InChI is InChI=1S/C52H44N4/c1-5-35(29-30-53)37-21-23-40(24-22-37)55(42-25-27-44-43-19-13-14-20-47(43)52(3,4)48(44)33-42)41-26-28-50-46(32-41)45-31-36(6-2)49(54-38-15-9-7-10-16-38)34-51(45)56(50)39-17-11-8-12-18-39/h5-34,54H,2,53H2,1,3-4H3/b30-29-,35-5+. The Morgan fingerprint density at radius 1 is 0.661 bits per heavy atom. The Morgan fingerprint density at radius 2 is 1.30 bits per heavy atom. The van der Waals surface area contributed by atoms with Crippen LogP contribution in [0.2, 0.25) is 0 Å². The third kappa shape index (κ3) is 5.78. The second-order valence-corrected chi connectivity index (χ2v) is 14.9. The molecule has 0 aliphatic heterocycles. The molecule has 1 aliphatic carbocycles. The first-order valence-corrected chi connectivity index (χ1v) is 19.2. The summed E-state index contributed by atoms with van der Waals surface area (Å²) in [4.78, 5) is 2.39. The molecular formula is C52H44N4. The van der Waals surface area contributed by atoms with Gasteiger partial charge in [0.2, 0.25) is 0 Å². The largest absolute Gasteiger partial charge is 0.405 e. The van der Waals surface area contributed by atoms with E-state index in [-0.39, 0.29) is 5.41 Å². The molecule has 1 aliphatic rings. The minimum absolute atomic E-state index is 0.132. The summed E-state index contributed by atoms with van der Waals surface area (Å²) in [6.07, 6.45) is 7.57. The fraction of sp³-hybridized carbons (Fsp3) is 0.0769. The molecule has 1 aromatic heterocycles. The van der Waals surface area contributed by atoms with Crippen molar-refractivity contribution in [2.45, 2.75) is 26.2 Å². The van der Waals surface area contributed by atoms with Gasteiger partial charge >= 0.3 is 0 Å². The summed E-state index contributed by atoms with van der Waals surface area (Å²) in [5, 5.41) is 5.98. The smallest absolute Gasteiger partial charge is 0.0562 e. The number of hydrogen-bond donors (Lipinski definition) is 2. The number of hydrogen-bond acceptors (Lipinski definition) is 3. The number of nitrogens with zero attached hydrogens (tertiary/aromatic N) is 2. The van der Waals surface area contributed by atoms with Crippen LogP contribution in [0, 0.1) is 0 Å². The number of rotatable bonds is 9. The van der Waals surface area contributed by atoms with Gasteiger partial charge in [0.1, 0.15) is 0 Å². The van der Waals surface area contributed by atoms with E-state index in [9.17, 15) is 0 Å². The summed E-state index contributed by atoms with van der Waals surface area (Å²) in [6.45, 7) is 11.0. The molecule has 0 unspecified atom stereocenters. The molecule has 9 rings (SSSR count). The van der Waals surface area contributed by atoms with Crippen LogP contribution < -0.4 is 16.0 Å². The predicted octanol–water partition coefficient (Wildman–Crippen LogP) is 13.8. The molecule has 3 N–H and O–H groups in total. The van der Waals surface area contributed by atoms with Crippen LogP contribution in [0.4, 0.5) is 28.4 Å². The van der Waals surface area contributed by atoms with E-state index in [0.29, 0.717) is 0 Å². The Labute approximate surface area is 329 Å². The number of nitrogens with two attached hydrogens (primary N) is 1. The number of aromatic nitrogens is 1. The van der Waals surface area contributed by atoms with Gasteiger partial charge in [-0.25, -0.2) is 0 Å². The molecule has 1 heterocycles. The minimum Gasteiger partial charge on any atom is -0.405 e. The van der Waals surface area contributed by atoms with E-state index in [4.69, 9.17) is 5.73 Å². The van der Waals surface area contributed by atoms with Crippen LogP contribution in [0.5, 0.6) is 0 Å². The Bertz CT molecular complexity index is 2820. The van der Waals surface area contributed by atoms with Crippen molar-refractivity contribution >= 4 is 61.9 Å². The first kappa shape index (κ1) is 34.7. The summed E-state index contributed by atoms with van der Waals surface area (Å²) < 4.78 is 2.37. The molecule has 0 fully saturated rings. The summed E-state index contributed by atoms with van der Waals surface area (Å²) in [6, 6.07) is 56.9. The summed E-state index contributed by atoms with van der Waals surface area (Å²) in [5.41, 5.74) is 22.9. The normalized spacial score (nSPS) is 13.2. The second-order valence-electron chi connectivity index (χ2n) is 14.9. The maximum absolute atomic E-state index is 5.82. The molecule has 0 radical (unpaired) electrons. The zero-order valence-corrected chi connectivity index (χ0v) is 32.0. The van der Waals surface area contributed by atoms with Crippen LogP contribution in [0.3, 0.4) is 0 Å². The van der Waals surface area contributed by atoms with Crippen LogP contribution in [-0.2, 0) is 5.41 Å². The lowest BCUT2D eigenvalue weighted by Crippen LogP contribution is -2.16. The van der Waals surface area contributed by atoms with Gasteiger partial charge in [0.05, 0.1) is 11.0 Å². The molecule has 4 nitrogen and oxygen atoms in total. The number of allylic oxidation sites excluding steroid dienone is 3. The van der Waals surface area contributed by atoms with Crippen LogP contribution in [0.15, 0.2) is 183 Å². The number of anilines is 5. The Kier molecular flexibility index (Phi) is 8.67. The molecule has 4 heteroatoms. The van der Waals surface area contributed by atoms with E-state index in [1.807, 2.05) is 37.3 Å². The van der Waals surface area contributed by atoms with Crippen LogP contribution in [0.1, 0.15) is 43.0 Å². The van der Waals surface area contributed by atoms with Crippen LogP contribution >= 0.6 is 0 Å². The van der Waals surface area contributed by atoms with Crippen molar-refractivity contribution in [3.05, 3.63) is 205 Å². The lowest BCUT2D eigenvalue weighted by Gasteiger charge is -2.28. The topological polar surface area (TPSA) is 46.2 Å². The first-order chi connectivity index (χ1) is 27.4. The molecule has 0 saturated carbocycles. The Balaban J connectivity index is 1.26. The van der Waals surface area contributed by atoms with Crippen molar-refractivity contribution in [2.75, 3.05) is 10.2 Å². The molecule has 0 bridgehead atoms. The molecule has 56 heavy (non-hydrogen) atoms. The fourth-order valence-corrected chi connectivity index (χ4v) is 8.56. The SMILES string of the molecule is C=Cc1cc2c3cc(N(c4ccc(C(/C=C\N)=C/C)cc4)c4ccc5c(c4)C(C)(C)c4ccccc4-5)ccc3n(-c3ccccc3)c2cc1Nc1ccccc1. The van der Waals surface area contributed by atoms with Crippen molar-refractivity contribution in [1.29, 1.82) is 0 Å². The highest BCUT2D eigenvalue weighted by Crippen LogP contribution is 2.51. The maximum atomic E-state index is 5.82. The first-order valence-electron chi connectivity index (χ1n) is 19.2. The van der Waals surface area contributed by atoms with E-state index in [1.54, 1.807) is 6.20 Å². The van der Waals surface area contributed by atoms with E-state index >= 15 is 0 Å². The summed E-state index contributed by atoms with van der Waals surface area (Å²) >= 11 is 0. The Morgan fingerprint density at radius 3 is 2.04 bits per heavy atom. The molecule has 8 aromatic rings. The van der Waals surface area contributed by atoms with Crippen LogP contribution in [-0.4, -0.2) is 4.57 Å². The average Bonchev–Trinajstić information content (AvgIpc) is 3.67. The second kappa shape index (κ2) is 14.0. The van der Waals surface area contributed by atoms with E-state index in [0.717, 1.165) is 72.6 Å². The number of fused-ring (bicyclic) bond motifs is 6. The number of nitrogens with one attached hydrogen (secondary N) is 1. The zero-order chi connectivity index (χ0) is 38.4. The van der Waals surface area contributed by atoms with E-state index in [1.165, 1.54) is 22.3 Å². The van der Waals surface area contributed by atoms with Crippen molar-refractivity contribution < 1.29 is 0 Å². The molecule has 7 aromatic carbocycles. The molecule has 0 atom stereocenters. The van der Waals surface area contributed by atoms with E-state index < -0.39 is 0 Å². The predicted molar refractivity (Wildman–Crippen MR) is 240 cm³/mol. The van der Waals surface area contributed by atoms with Crippen molar-refractivity contribution in [1.82, 2.24) is 4.57 Å². The van der Waals surface area contributed by atoms with Gasteiger partial charge in [-0.1, -0.05) is 111 Å². The van der Waals surface area contributed by atoms with Gasteiger partial charge in [-0.05, 0) is 137 Å². The van der Waals surface area contributed by atoms with Crippen molar-refractivity contribution in [3.63, 3.8) is 0 Å². The van der Waals surface area contributed by atoms with Crippen LogP contribution in [0.25, 0.3) is 50.3 Å². The molecule has 272 valence electrons. The van der Waals surface area contributed by atoms with Gasteiger partial charge in [0.15, 0.2) is 0 Å². The highest BCUT2D eigenvalue weighted by Gasteiger charge is 2.35. The quantitative estimate of drug-likeness (QED) is 0.146. The Hall–Kier alpha value is -7.04. The molecule has 0 amide bonds. The maximum Gasteiger partial charge on any atom is 0.0562 e. The monoisotopic (exact) mass is 724 g/mol. The average molecular weight is 725 g/mol. The lowest BCUT2D eigenvalue weighted by molar-refractivity contribution is 0.660. The van der Waals surface area contributed by atoms with Crippen molar-refractivity contribution in [3.8, 4) is 16.8 Å². The van der Waals surface area contributed by atoms with Gasteiger partial charge in [-0.2, -0.15) is 0 Å². The summed E-state index contributed by atoms with van der Waals surface area (Å²) in [7, 11) is 0. The minimum atomic E-state index is -0.132. The molecule has 0 saturated heterocycles.